The maximum absolute atomic E-state index is 14.6. The van der Waals surface area contributed by atoms with Crippen molar-refractivity contribution in [2.24, 2.45) is 0 Å². The van der Waals surface area contributed by atoms with Crippen molar-refractivity contribution in [3.63, 3.8) is 0 Å². The Morgan fingerprint density at radius 1 is 1.38 bits per heavy atom. The average molecular weight is 379 g/mol. The van der Waals surface area contributed by atoms with Gasteiger partial charge in [0.15, 0.2) is 0 Å². The standard InChI is InChI=1S/C14H20BrFN2O2S/c1-3-17-9-10-7-11(15)8-13(14(10)16)21(19,20)18(4-2)12-5-6-12/h7-8,12,17H,3-6,9H2,1-2H3. The van der Waals surface area contributed by atoms with Crippen LogP contribution in [0.5, 0.6) is 0 Å². The molecule has 118 valence electrons. The first-order chi connectivity index (χ1) is 9.91. The molecule has 1 aromatic carbocycles. The normalized spacial score (nSPS) is 15.7. The molecule has 0 saturated heterocycles. The number of hydrogen-bond acceptors (Lipinski definition) is 3. The fourth-order valence-corrected chi connectivity index (χ4v) is 4.79. The summed E-state index contributed by atoms with van der Waals surface area (Å²) in [7, 11) is -3.79. The highest BCUT2D eigenvalue weighted by Gasteiger charge is 2.38. The third kappa shape index (κ3) is 3.64. The van der Waals surface area contributed by atoms with E-state index in [0.717, 1.165) is 12.8 Å². The van der Waals surface area contributed by atoms with Crippen LogP contribution < -0.4 is 5.32 Å². The SMILES string of the molecule is CCNCc1cc(Br)cc(S(=O)(=O)N(CC)C2CC2)c1F. The lowest BCUT2D eigenvalue weighted by molar-refractivity contribution is 0.416. The van der Waals surface area contributed by atoms with E-state index < -0.39 is 15.8 Å². The number of hydrogen-bond donors (Lipinski definition) is 1. The summed E-state index contributed by atoms with van der Waals surface area (Å²) in [6, 6.07) is 2.99. The summed E-state index contributed by atoms with van der Waals surface area (Å²) in [6.07, 6.45) is 1.71. The van der Waals surface area contributed by atoms with Crippen molar-refractivity contribution < 1.29 is 12.8 Å². The first-order valence-electron chi connectivity index (χ1n) is 7.12. The molecule has 0 aromatic heterocycles. The molecule has 0 aliphatic heterocycles. The molecule has 1 N–H and O–H groups in total. The Morgan fingerprint density at radius 3 is 2.57 bits per heavy atom. The molecule has 1 aliphatic rings. The Balaban J connectivity index is 2.44. The minimum atomic E-state index is -3.79. The lowest BCUT2D eigenvalue weighted by Gasteiger charge is -2.21. The van der Waals surface area contributed by atoms with E-state index >= 15 is 0 Å². The van der Waals surface area contributed by atoms with Crippen molar-refractivity contribution >= 4 is 26.0 Å². The zero-order valence-corrected chi connectivity index (χ0v) is 14.6. The predicted octanol–water partition coefficient (Wildman–Crippen LogP) is 2.87. The van der Waals surface area contributed by atoms with E-state index in [0.29, 0.717) is 29.7 Å². The van der Waals surface area contributed by atoms with Gasteiger partial charge in [-0.25, -0.2) is 12.8 Å². The molecule has 0 atom stereocenters. The molecular formula is C14H20BrFN2O2S. The molecule has 0 unspecified atom stereocenters. The van der Waals surface area contributed by atoms with Crippen LogP contribution >= 0.6 is 15.9 Å². The molecule has 4 nitrogen and oxygen atoms in total. The smallest absolute Gasteiger partial charge is 0.246 e. The lowest BCUT2D eigenvalue weighted by Crippen LogP contribution is -2.33. The van der Waals surface area contributed by atoms with Gasteiger partial charge in [0, 0.05) is 29.2 Å². The van der Waals surface area contributed by atoms with Gasteiger partial charge in [-0.05, 0) is 31.5 Å². The fourth-order valence-electron chi connectivity index (χ4n) is 2.31. The lowest BCUT2D eigenvalue weighted by atomic mass is 10.2. The number of nitrogens with one attached hydrogen (secondary N) is 1. The van der Waals surface area contributed by atoms with Gasteiger partial charge in [-0.2, -0.15) is 4.31 Å². The zero-order valence-electron chi connectivity index (χ0n) is 12.2. The molecule has 21 heavy (non-hydrogen) atoms. The quantitative estimate of drug-likeness (QED) is 0.793. The number of nitrogens with zero attached hydrogens (tertiary/aromatic N) is 1. The summed E-state index contributed by atoms with van der Waals surface area (Å²) in [5.74, 6) is -0.654. The highest BCUT2D eigenvalue weighted by atomic mass is 79.9. The molecule has 1 aromatic rings. The molecule has 1 saturated carbocycles. The summed E-state index contributed by atoms with van der Waals surface area (Å²) < 4.78 is 41.9. The summed E-state index contributed by atoms with van der Waals surface area (Å²) in [4.78, 5) is -0.237. The molecule has 0 spiro atoms. The summed E-state index contributed by atoms with van der Waals surface area (Å²) in [5.41, 5.74) is 0.358. The van der Waals surface area contributed by atoms with Crippen LogP contribution in [0.15, 0.2) is 21.5 Å². The van der Waals surface area contributed by atoms with Crippen LogP contribution in [0.4, 0.5) is 4.39 Å². The van der Waals surface area contributed by atoms with E-state index in [1.807, 2.05) is 6.92 Å². The Kier molecular flexibility index (Phi) is 5.40. The van der Waals surface area contributed by atoms with Crippen LogP contribution in [0.2, 0.25) is 0 Å². The Labute approximate surface area is 133 Å². The van der Waals surface area contributed by atoms with Crippen molar-refractivity contribution in [3.05, 3.63) is 28.0 Å². The highest BCUT2D eigenvalue weighted by molar-refractivity contribution is 9.10. The van der Waals surface area contributed by atoms with Crippen molar-refractivity contribution in [3.8, 4) is 0 Å². The molecule has 0 bridgehead atoms. The third-order valence-corrected chi connectivity index (χ3v) is 5.98. The first kappa shape index (κ1) is 16.9. The third-order valence-electron chi connectivity index (χ3n) is 3.50. The molecule has 1 fully saturated rings. The van der Waals surface area contributed by atoms with Crippen LogP contribution in [-0.4, -0.2) is 31.9 Å². The van der Waals surface area contributed by atoms with E-state index in [2.05, 4.69) is 21.2 Å². The summed E-state index contributed by atoms with van der Waals surface area (Å²) >= 11 is 3.28. The predicted molar refractivity (Wildman–Crippen MR) is 84.1 cm³/mol. The second-order valence-corrected chi connectivity index (χ2v) is 7.87. The van der Waals surface area contributed by atoms with Crippen LogP contribution in [0.1, 0.15) is 32.3 Å². The van der Waals surface area contributed by atoms with E-state index in [1.165, 1.54) is 10.4 Å². The largest absolute Gasteiger partial charge is 0.313 e. The van der Waals surface area contributed by atoms with Gasteiger partial charge in [0.05, 0.1) is 0 Å². The van der Waals surface area contributed by atoms with Crippen molar-refractivity contribution in [1.29, 1.82) is 0 Å². The first-order valence-corrected chi connectivity index (χ1v) is 9.35. The number of halogens is 2. The number of rotatable bonds is 7. The molecule has 1 aliphatic carbocycles. The van der Waals surface area contributed by atoms with Gasteiger partial charge in [-0.3, -0.25) is 0 Å². The molecule has 0 amide bonds. The van der Waals surface area contributed by atoms with E-state index in [1.54, 1.807) is 13.0 Å². The van der Waals surface area contributed by atoms with Crippen LogP contribution in [0, 0.1) is 5.82 Å². The Bertz CT molecular complexity index is 618. The minimum Gasteiger partial charge on any atom is -0.313 e. The minimum absolute atomic E-state index is 0.0237. The van der Waals surface area contributed by atoms with Crippen LogP contribution in [0.3, 0.4) is 0 Å². The fraction of sp³-hybridized carbons (Fsp3) is 0.571. The topological polar surface area (TPSA) is 49.4 Å². The highest BCUT2D eigenvalue weighted by Crippen LogP contribution is 2.34. The van der Waals surface area contributed by atoms with Gasteiger partial charge >= 0.3 is 0 Å². The van der Waals surface area contributed by atoms with Crippen molar-refractivity contribution in [2.45, 2.75) is 44.2 Å². The second-order valence-electron chi connectivity index (χ2n) is 5.10. The second kappa shape index (κ2) is 6.73. The summed E-state index contributed by atoms with van der Waals surface area (Å²) in [5, 5.41) is 3.02. The average Bonchev–Trinajstić information content (AvgIpc) is 3.24. The summed E-state index contributed by atoms with van der Waals surface area (Å²) in [6.45, 7) is 5.06. The molecule has 7 heteroatoms. The van der Waals surface area contributed by atoms with Gasteiger partial charge in [-0.1, -0.05) is 29.8 Å². The Hall–Kier alpha value is -0.500. The van der Waals surface area contributed by atoms with E-state index in [9.17, 15) is 12.8 Å². The zero-order chi connectivity index (χ0) is 15.6. The van der Waals surface area contributed by atoms with Gasteiger partial charge < -0.3 is 5.32 Å². The van der Waals surface area contributed by atoms with E-state index in [-0.39, 0.29) is 10.9 Å². The van der Waals surface area contributed by atoms with Gasteiger partial charge in [0.1, 0.15) is 10.7 Å². The van der Waals surface area contributed by atoms with Crippen LogP contribution in [0.25, 0.3) is 0 Å². The van der Waals surface area contributed by atoms with Crippen molar-refractivity contribution in [2.75, 3.05) is 13.1 Å². The molecule has 2 rings (SSSR count). The Morgan fingerprint density at radius 2 is 2.05 bits per heavy atom. The van der Waals surface area contributed by atoms with Gasteiger partial charge in [0.25, 0.3) is 0 Å². The van der Waals surface area contributed by atoms with E-state index in [4.69, 9.17) is 0 Å². The van der Waals surface area contributed by atoms with Crippen molar-refractivity contribution in [1.82, 2.24) is 9.62 Å². The van der Waals surface area contributed by atoms with Gasteiger partial charge in [0.2, 0.25) is 10.0 Å². The van der Waals surface area contributed by atoms with Gasteiger partial charge in [-0.15, -0.1) is 0 Å². The molecular weight excluding hydrogens is 359 g/mol. The molecule has 0 heterocycles. The molecule has 0 radical (unpaired) electrons. The monoisotopic (exact) mass is 378 g/mol. The van der Waals surface area contributed by atoms with Crippen LogP contribution in [-0.2, 0) is 16.6 Å². The number of sulfonamides is 1. The maximum atomic E-state index is 14.6. The number of benzene rings is 1. The maximum Gasteiger partial charge on any atom is 0.246 e.